The molecule has 152 valence electrons. The van der Waals surface area contributed by atoms with Crippen LogP contribution in [0.2, 0.25) is 0 Å². The molecule has 0 saturated carbocycles. The second-order valence-electron chi connectivity index (χ2n) is 6.08. The minimum Gasteiger partial charge on any atom is -0.408 e. The number of nitrogens with zero attached hydrogens (tertiary/aromatic N) is 3. The van der Waals surface area contributed by atoms with E-state index in [-0.39, 0.29) is 22.8 Å². The monoisotopic (exact) mass is 427 g/mol. The van der Waals surface area contributed by atoms with Crippen LogP contribution in [0.15, 0.2) is 65.7 Å². The Kier molecular flexibility index (Phi) is 4.47. The lowest BCUT2D eigenvalue weighted by atomic mass is 10.3. The fraction of sp³-hybridized carbons (Fsp3) is 0. The van der Waals surface area contributed by atoms with Gasteiger partial charge >= 0.3 is 6.09 Å². The summed E-state index contributed by atoms with van der Waals surface area (Å²) in [7, 11) is -4.31. The van der Waals surface area contributed by atoms with Crippen LogP contribution < -0.4 is 10.5 Å². The first-order valence-corrected chi connectivity index (χ1v) is 9.86. The van der Waals surface area contributed by atoms with Gasteiger partial charge in [-0.2, -0.15) is 0 Å². The third-order valence-electron chi connectivity index (χ3n) is 4.24. The van der Waals surface area contributed by atoms with Gasteiger partial charge in [0.25, 0.3) is 15.7 Å². The molecule has 0 atom stereocenters. The van der Waals surface area contributed by atoms with E-state index in [2.05, 4.69) is 9.97 Å². The van der Waals surface area contributed by atoms with Crippen molar-refractivity contribution in [1.29, 1.82) is 0 Å². The van der Waals surface area contributed by atoms with Crippen LogP contribution in [-0.2, 0) is 10.0 Å². The Labute approximate surface area is 168 Å². The van der Waals surface area contributed by atoms with Gasteiger partial charge in [0.15, 0.2) is 16.5 Å². The van der Waals surface area contributed by atoms with Gasteiger partial charge in [0.05, 0.1) is 16.1 Å². The number of nitrogens with one attached hydrogen (secondary N) is 1. The van der Waals surface area contributed by atoms with Crippen molar-refractivity contribution in [2.45, 2.75) is 4.90 Å². The van der Waals surface area contributed by atoms with Crippen LogP contribution in [0.1, 0.15) is 0 Å². The predicted octanol–water partition coefficient (Wildman–Crippen LogP) is 2.63. The van der Waals surface area contributed by atoms with Gasteiger partial charge in [-0.1, -0.05) is 18.2 Å². The van der Waals surface area contributed by atoms with E-state index < -0.39 is 31.6 Å². The van der Waals surface area contributed by atoms with Crippen LogP contribution in [0.4, 0.5) is 10.5 Å². The highest BCUT2D eigenvalue weighted by atomic mass is 32.2. The van der Waals surface area contributed by atoms with Crippen molar-refractivity contribution in [2.24, 2.45) is 5.73 Å². The zero-order valence-electron chi connectivity index (χ0n) is 15.1. The van der Waals surface area contributed by atoms with Crippen molar-refractivity contribution in [3.05, 3.63) is 70.9 Å². The molecule has 0 aliphatic carbocycles. The van der Waals surface area contributed by atoms with Crippen molar-refractivity contribution in [3.63, 3.8) is 0 Å². The number of ether oxygens (including phenoxy) is 1. The zero-order valence-corrected chi connectivity index (χ0v) is 15.9. The molecule has 0 aliphatic rings. The Morgan fingerprint density at radius 2 is 1.90 bits per heavy atom. The van der Waals surface area contributed by atoms with Gasteiger partial charge < -0.3 is 15.5 Å². The van der Waals surface area contributed by atoms with Gasteiger partial charge in [-0.05, 0) is 30.3 Å². The number of rotatable bonds is 5. The third-order valence-corrected chi connectivity index (χ3v) is 5.98. The van der Waals surface area contributed by atoms with Crippen molar-refractivity contribution < 1.29 is 22.9 Å². The van der Waals surface area contributed by atoms with E-state index in [1.54, 1.807) is 12.1 Å². The molecule has 0 aliphatic heterocycles. The topological polar surface area (TPSA) is 163 Å². The van der Waals surface area contributed by atoms with Crippen LogP contribution in [-0.4, -0.2) is 33.4 Å². The molecule has 0 saturated heterocycles. The average Bonchev–Trinajstić information content (AvgIpc) is 3.35. The molecule has 30 heavy (non-hydrogen) atoms. The summed E-state index contributed by atoms with van der Waals surface area (Å²) in [5.41, 5.74) is 5.39. The van der Waals surface area contributed by atoms with Gasteiger partial charge in [0.2, 0.25) is 0 Å². The number of aromatic amines is 1. The predicted molar refractivity (Wildman–Crippen MR) is 105 cm³/mol. The van der Waals surface area contributed by atoms with Crippen LogP contribution in [0.5, 0.6) is 5.75 Å². The summed E-state index contributed by atoms with van der Waals surface area (Å²) >= 11 is 0. The first-order valence-electron chi connectivity index (χ1n) is 8.42. The van der Waals surface area contributed by atoms with Crippen LogP contribution in [0.25, 0.3) is 22.6 Å². The molecule has 1 amide bonds. The molecule has 4 aromatic rings. The van der Waals surface area contributed by atoms with Crippen LogP contribution in [0.3, 0.4) is 0 Å². The van der Waals surface area contributed by atoms with E-state index in [9.17, 15) is 23.3 Å². The molecule has 3 N–H and O–H groups in total. The maximum Gasteiger partial charge on any atom is 0.410 e. The van der Waals surface area contributed by atoms with Gasteiger partial charge in [-0.3, -0.25) is 10.1 Å². The smallest absolute Gasteiger partial charge is 0.408 e. The summed E-state index contributed by atoms with van der Waals surface area (Å²) in [6, 6.07) is 12.8. The van der Waals surface area contributed by atoms with E-state index in [1.807, 2.05) is 0 Å². The largest absolute Gasteiger partial charge is 0.410 e. The number of primary amides is 1. The van der Waals surface area contributed by atoms with Crippen LogP contribution >= 0.6 is 0 Å². The SMILES string of the molecule is NC(=O)Oc1cccc2[nH]c(-c3cccn3S(=O)(=O)c3ccccc3[N+](=O)[O-])nc12. The molecule has 0 spiro atoms. The maximum atomic E-state index is 13.2. The lowest BCUT2D eigenvalue weighted by Crippen LogP contribution is -2.16. The van der Waals surface area contributed by atoms with E-state index in [0.29, 0.717) is 5.52 Å². The lowest BCUT2D eigenvalue weighted by Gasteiger charge is -2.09. The molecule has 12 heteroatoms. The van der Waals surface area contributed by atoms with Gasteiger partial charge in [0, 0.05) is 12.3 Å². The van der Waals surface area contributed by atoms with Crippen molar-refractivity contribution in [3.8, 4) is 17.3 Å². The molecule has 2 aromatic heterocycles. The highest BCUT2D eigenvalue weighted by molar-refractivity contribution is 7.90. The van der Waals surface area contributed by atoms with E-state index in [0.717, 1.165) is 16.1 Å². The highest BCUT2D eigenvalue weighted by Gasteiger charge is 2.29. The second kappa shape index (κ2) is 7.00. The molecule has 2 aromatic carbocycles. The Bertz CT molecular complexity index is 1410. The number of hydrogen-bond acceptors (Lipinski definition) is 7. The Morgan fingerprint density at radius 1 is 1.13 bits per heavy atom. The number of carbonyl (C=O) groups excluding carboxylic acids is 1. The van der Waals surface area contributed by atoms with Crippen molar-refractivity contribution in [2.75, 3.05) is 0 Å². The number of nitro benzene ring substituents is 1. The number of nitro groups is 1. The quantitative estimate of drug-likeness (QED) is 0.365. The maximum absolute atomic E-state index is 13.2. The standard InChI is InChI=1S/C18H13N5O6S/c19-18(24)29-14-8-3-5-11-16(14)21-17(20-11)13-7-4-10-22(13)30(27,28)15-9-2-1-6-12(15)23(25)26/h1-10H,(H2,19,24)(H,20,21). The molecule has 0 radical (unpaired) electrons. The number of imidazole rings is 1. The number of H-pyrrole nitrogens is 1. The molecular formula is C18H13N5O6S. The molecular weight excluding hydrogens is 414 g/mol. The van der Waals surface area contributed by atoms with Crippen molar-refractivity contribution >= 4 is 32.8 Å². The fourth-order valence-corrected chi connectivity index (χ4v) is 4.52. The Balaban J connectivity index is 1.87. The number of aromatic nitrogens is 3. The van der Waals surface area contributed by atoms with Crippen molar-refractivity contribution in [1.82, 2.24) is 13.9 Å². The molecule has 0 unspecified atom stereocenters. The van der Waals surface area contributed by atoms with E-state index >= 15 is 0 Å². The summed E-state index contributed by atoms with van der Waals surface area (Å²) in [6.45, 7) is 0. The number of amides is 1. The average molecular weight is 427 g/mol. The summed E-state index contributed by atoms with van der Waals surface area (Å²) in [6.07, 6.45) is 0.240. The molecule has 4 rings (SSSR count). The summed E-state index contributed by atoms with van der Waals surface area (Å²) < 4.78 is 32.2. The summed E-state index contributed by atoms with van der Waals surface area (Å²) in [4.78, 5) is 28.5. The van der Waals surface area contributed by atoms with Gasteiger partial charge in [-0.25, -0.2) is 22.2 Å². The van der Waals surface area contributed by atoms with E-state index in [1.165, 1.54) is 36.5 Å². The number of para-hydroxylation sites is 2. The number of hydrogen-bond donors (Lipinski definition) is 2. The number of carbonyl (C=O) groups is 1. The second-order valence-corrected chi connectivity index (χ2v) is 7.86. The lowest BCUT2D eigenvalue weighted by molar-refractivity contribution is -0.387. The zero-order chi connectivity index (χ0) is 21.5. The molecule has 0 fully saturated rings. The number of nitrogens with two attached hydrogens (primary N) is 1. The minimum atomic E-state index is -4.31. The summed E-state index contributed by atoms with van der Waals surface area (Å²) in [5, 5.41) is 11.3. The van der Waals surface area contributed by atoms with Crippen LogP contribution in [0, 0.1) is 10.1 Å². The molecule has 2 heterocycles. The minimum absolute atomic E-state index is 0.0992. The van der Waals surface area contributed by atoms with Gasteiger partial charge in [0.1, 0.15) is 5.52 Å². The normalized spacial score (nSPS) is 11.5. The van der Waals surface area contributed by atoms with E-state index in [4.69, 9.17) is 10.5 Å². The number of benzene rings is 2. The van der Waals surface area contributed by atoms with Gasteiger partial charge in [-0.15, -0.1) is 0 Å². The molecule has 0 bridgehead atoms. The molecule has 11 nitrogen and oxygen atoms in total. The fourth-order valence-electron chi connectivity index (χ4n) is 3.01. The summed E-state index contributed by atoms with van der Waals surface area (Å²) in [5.74, 6) is 0.250. The first-order chi connectivity index (χ1) is 14.3. The highest BCUT2D eigenvalue weighted by Crippen LogP contribution is 2.31. The Hall–Kier alpha value is -4.19. The Morgan fingerprint density at radius 3 is 2.63 bits per heavy atom. The first kappa shape index (κ1) is 19.1. The third kappa shape index (κ3) is 3.14. The number of fused-ring (bicyclic) bond motifs is 1.